The molecule has 3 N–H and O–H groups in total. The van der Waals surface area contributed by atoms with Gasteiger partial charge in [0.2, 0.25) is 0 Å². The summed E-state index contributed by atoms with van der Waals surface area (Å²) in [7, 11) is -3.93. The molecule has 0 spiro atoms. The monoisotopic (exact) mass is 382 g/mol. The number of nitrogens with one attached hydrogen (secondary N) is 1. The highest BCUT2D eigenvalue weighted by Crippen LogP contribution is 2.22. The van der Waals surface area contributed by atoms with E-state index >= 15 is 0 Å². The van der Waals surface area contributed by atoms with E-state index in [-0.39, 0.29) is 29.3 Å². The topological polar surface area (TPSA) is 98.5 Å². The number of rotatable bonds is 7. The zero-order valence-corrected chi connectivity index (χ0v) is 15.4. The second-order valence-corrected chi connectivity index (χ2v) is 7.64. The van der Waals surface area contributed by atoms with Crippen LogP contribution in [0.25, 0.3) is 0 Å². The third-order valence-corrected chi connectivity index (χ3v) is 5.26. The number of carbonyl (C=O) groups is 1. The quantitative estimate of drug-likeness (QED) is 0.436. The predicted octanol–water partition coefficient (Wildman–Crippen LogP) is 2.76. The maximum absolute atomic E-state index is 12.4. The first kappa shape index (κ1) is 19.4. The van der Waals surface area contributed by atoms with Gasteiger partial charge in [0.25, 0.3) is 10.0 Å². The number of hydrazine groups is 1. The molecule has 0 fully saturated rings. The average Bonchev–Trinajstić information content (AvgIpc) is 2.57. The molecule has 0 saturated heterocycles. The van der Waals surface area contributed by atoms with Gasteiger partial charge in [0.05, 0.1) is 11.5 Å². The lowest BCUT2D eigenvalue weighted by Crippen LogP contribution is -2.31. The molecule has 25 heavy (non-hydrogen) atoms. The first-order valence-electron chi connectivity index (χ1n) is 7.50. The van der Waals surface area contributed by atoms with Crippen LogP contribution in [0, 0.1) is 13.8 Å². The Morgan fingerprint density at radius 2 is 1.92 bits per heavy atom. The van der Waals surface area contributed by atoms with Gasteiger partial charge in [0.15, 0.2) is 5.78 Å². The van der Waals surface area contributed by atoms with Crippen LogP contribution >= 0.6 is 11.6 Å². The summed E-state index contributed by atoms with van der Waals surface area (Å²) in [6.45, 7) is 3.70. The van der Waals surface area contributed by atoms with Gasteiger partial charge in [0.1, 0.15) is 5.75 Å². The summed E-state index contributed by atoms with van der Waals surface area (Å²) >= 11 is 5.95. The Labute approximate surface area is 152 Å². The summed E-state index contributed by atoms with van der Waals surface area (Å²) < 4.78 is 29.6. The van der Waals surface area contributed by atoms with Crippen LogP contribution in [0.2, 0.25) is 5.02 Å². The highest BCUT2D eigenvalue weighted by atomic mass is 35.5. The number of hydrogen-bond donors (Lipinski definition) is 2. The summed E-state index contributed by atoms with van der Waals surface area (Å²) in [6, 6.07) is 9.75. The number of carbonyl (C=O) groups excluding carboxylic acids is 1. The van der Waals surface area contributed by atoms with Crippen molar-refractivity contribution in [2.75, 3.05) is 6.61 Å². The molecule has 0 aromatic heterocycles. The first-order valence-corrected chi connectivity index (χ1v) is 9.36. The first-order chi connectivity index (χ1) is 11.7. The van der Waals surface area contributed by atoms with Crippen LogP contribution in [0.4, 0.5) is 0 Å². The highest BCUT2D eigenvalue weighted by molar-refractivity contribution is 7.89. The van der Waals surface area contributed by atoms with Crippen LogP contribution in [0.5, 0.6) is 5.75 Å². The molecule has 8 heteroatoms. The fraction of sp³-hybridized carbons (Fsp3) is 0.235. The van der Waals surface area contributed by atoms with E-state index in [9.17, 15) is 13.2 Å². The third kappa shape index (κ3) is 4.79. The van der Waals surface area contributed by atoms with Gasteiger partial charge in [-0.15, -0.1) is 0 Å². The number of hydrogen-bond acceptors (Lipinski definition) is 5. The number of nitrogens with two attached hydrogens (primary N) is 1. The van der Waals surface area contributed by atoms with Crippen LogP contribution in [-0.4, -0.2) is 20.8 Å². The van der Waals surface area contributed by atoms with Crippen molar-refractivity contribution in [1.29, 1.82) is 0 Å². The number of benzene rings is 2. The van der Waals surface area contributed by atoms with Crippen molar-refractivity contribution in [1.82, 2.24) is 4.83 Å². The van der Waals surface area contributed by atoms with E-state index in [0.717, 1.165) is 5.56 Å². The van der Waals surface area contributed by atoms with Crippen LogP contribution in [0.1, 0.15) is 27.9 Å². The van der Waals surface area contributed by atoms with Crippen molar-refractivity contribution in [2.24, 2.45) is 5.84 Å². The molecule has 0 heterocycles. The van der Waals surface area contributed by atoms with E-state index in [1.54, 1.807) is 36.0 Å². The predicted molar refractivity (Wildman–Crippen MR) is 96.3 cm³/mol. The Morgan fingerprint density at radius 1 is 1.20 bits per heavy atom. The van der Waals surface area contributed by atoms with Crippen molar-refractivity contribution >= 4 is 27.4 Å². The van der Waals surface area contributed by atoms with Crippen molar-refractivity contribution in [2.45, 2.75) is 25.2 Å². The normalized spacial score (nSPS) is 11.4. The Morgan fingerprint density at radius 3 is 2.56 bits per heavy atom. The molecule has 0 aliphatic carbocycles. The number of halogens is 1. The minimum atomic E-state index is -3.93. The molecular weight excluding hydrogens is 364 g/mol. The van der Waals surface area contributed by atoms with E-state index in [4.69, 9.17) is 22.2 Å². The van der Waals surface area contributed by atoms with Gasteiger partial charge >= 0.3 is 0 Å². The van der Waals surface area contributed by atoms with Crippen molar-refractivity contribution in [3.8, 4) is 5.75 Å². The molecular formula is C17H19ClN2O4S. The number of Topliss-reactive ketones (excluding diaryl/α,β-unsaturated/α-hetero) is 1. The molecule has 6 nitrogen and oxygen atoms in total. The number of ketones is 1. The summed E-state index contributed by atoms with van der Waals surface area (Å²) in [6.07, 6.45) is 0.0256. The van der Waals surface area contributed by atoms with Crippen molar-refractivity contribution in [3.05, 3.63) is 58.1 Å². The van der Waals surface area contributed by atoms with E-state index in [2.05, 4.69) is 0 Å². The zero-order valence-electron chi connectivity index (χ0n) is 13.9. The molecule has 0 aliphatic rings. The van der Waals surface area contributed by atoms with E-state index in [1.807, 2.05) is 6.92 Å². The molecule has 0 unspecified atom stereocenters. The Kier molecular flexibility index (Phi) is 6.18. The van der Waals surface area contributed by atoms with Gasteiger partial charge in [-0.1, -0.05) is 17.7 Å². The smallest absolute Gasteiger partial charge is 0.253 e. The molecule has 0 bridgehead atoms. The SMILES string of the molecule is Cc1ccc(C(=O)CCOc2ccc(Cl)c(C)c2)c(S(=O)(=O)NN)c1. The van der Waals surface area contributed by atoms with Gasteiger partial charge in [-0.2, -0.15) is 4.83 Å². The van der Waals surface area contributed by atoms with Gasteiger partial charge in [-0.25, -0.2) is 8.42 Å². The summed E-state index contributed by atoms with van der Waals surface area (Å²) in [5.41, 5.74) is 1.66. The minimum absolute atomic E-state index is 0.0256. The van der Waals surface area contributed by atoms with E-state index < -0.39 is 10.0 Å². The maximum atomic E-state index is 12.4. The lowest BCUT2D eigenvalue weighted by Gasteiger charge is -2.11. The van der Waals surface area contributed by atoms with Gasteiger partial charge in [-0.05, 0) is 55.3 Å². The molecule has 0 amide bonds. The number of ether oxygens (including phenoxy) is 1. The second-order valence-electron chi connectivity index (χ2n) is 5.55. The van der Waals surface area contributed by atoms with Crippen LogP contribution in [-0.2, 0) is 10.0 Å². The second kappa shape index (κ2) is 7.97. The molecule has 0 atom stereocenters. The zero-order chi connectivity index (χ0) is 18.6. The van der Waals surface area contributed by atoms with Crippen LogP contribution < -0.4 is 15.4 Å². The average molecular weight is 383 g/mol. The van der Waals surface area contributed by atoms with E-state index in [0.29, 0.717) is 16.3 Å². The summed E-state index contributed by atoms with van der Waals surface area (Å²) in [4.78, 5) is 14.0. The van der Waals surface area contributed by atoms with Gasteiger partial charge in [-0.3, -0.25) is 10.6 Å². The van der Waals surface area contributed by atoms with Gasteiger partial charge in [0, 0.05) is 17.0 Å². The largest absolute Gasteiger partial charge is 0.493 e. The molecule has 2 aromatic carbocycles. The summed E-state index contributed by atoms with van der Waals surface area (Å²) in [5, 5.41) is 0.632. The van der Waals surface area contributed by atoms with E-state index in [1.165, 1.54) is 12.1 Å². The fourth-order valence-corrected chi connectivity index (χ4v) is 3.31. The molecule has 134 valence electrons. The lowest BCUT2D eigenvalue weighted by atomic mass is 10.1. The Hall–Kier alpha value is -1.93. The minimum Gasteiger partial charge on any atom is -0.493 e. The van der Waals surface area contributed by atoms with Crippen molar-refractivity contribution < 1.29 is 17.9 Å². The molecule has 0 radical (unpaired) electrons. The number of sulfonamides is 1. The lowest BCUT2D eigenvalue weighted by molar-refractivity contribution is 0.0959. The molecule has 2 rings (SSSR count). The Balaban J connectivity index is 2.12. The van der Waals surface area contributed by atoms with Crippen molar-refractivity contribution in [3.63, 3.8) is 0 Å². The highest BCUT2D eigenvalue weighted by Gasteiger charge is 2.21. The number of aryl methyl sites for hydroxylation is 2. The van der Waals surface area contributed by atoms with Crippen LogP contribution in [0.15, 0.2) is 41.3 Å². The van der Waals surface area contributed by atoms with Crippen LogP contribution in [0.3, 0.4) is 0 Å². The maximum Gasteiger partial charge on any atom is 0.253 e. The standard InChI is InChI=1S/C17H19ClN2O4S/c1-11-3-5-14(17(9-11)25(22,23)20-19)16(21)7-8-24-13-4-6-15(18)12(2)10-13/h3-6,9-10,20H,7-8,19H2,1-2H3. The summed E-state index contributed by atoms with van der Waals surface area (Å²) in [5.74, 6) is 5.32. The molecule has 0 aliphatic heterocycles. The fourth-order valence-electron chi connectivity index (χ4n) is 2.25. The third-order valence-electron chi connectivity index (χ3n) is 3.61. The molecule has 2 aromatic rings. The van der Waals surface area contributed by atoms with Gasteiger partial charge < -0.3 is 4.74 Å². The Bertz CT molecular complexity index is 898. The molecule has 0 saturated carbocycles.